The molecule has 0 aromatic heterocycles. The number of rotatable bonds is 3. The number of hydrogen-bond acceptors (Lipinski definition) is 4. The predicted octanol–water partition coefficient (Wildman–Crippen LogP) is 0.523. The fourth-order valence-electron chi connectivity index (χ4n) is 2.10. The minimum Gasteiger partial charge on any atom is -0.480 e. The van der Waals surface area contributed by atoms with Gasteiger partial charge in [-0.25, -0.2) is 0 Å². The standard InChI is InChI=1S/C13H19N3O2/c1-15-6-8-16(9-7-15)11-4-2-10(3-5-11)12(14)13(17)18/h2-5,12H,6-9,14H2,1H3,(H,17,18). The lowest BCUT2D eigenvalue weighted by atomic mass is 10.1. The van der Waals surface area contributed by atoms with Gasteiger partial charge in [-0.1, -0.05) is 12.1 Å². The average molecular weight is 249 g/mol. The first-order chi connectivity index (χ1) is 8.58. The van der Waals surface area contributed by atoms with Crippen molar-refractivity contribution in [3.05, 3.63) is 29.8 Å². The Bertz CT molecular complexity index is 411. The van der Waals surface area contributed by atoms with Gasteiger partial charge in [0.15, 0.2) is 0 Å². The Morgan fingerprint density at radius 1 is 1.22 bits per heavy atom. The number of anilines is 1. The molecule has 0 aliphatic carbocycles. The molecule has 18 heavy (non-hydrogen) atoms. The van der Waals surface area contributed by atoms with Gasteiger partial charge in [-0.05, 0) is 24.7 Å². The molecule has 0 radical (unpaired) electrons. The molecule has 1 aromatic carbocycles. The Hall–Kier alpha value is -1.59. The molecule has 0 amide bonds. The second-order valence-electron chi connectivity index (χ2n) is 4.70. The fourth-order valence-corrected chi connectivity index (χ4v) is 2.10. The van der Waals surface area contributed by atoms with E-state index >= 15 is 0 Å². The van der Waals surface area contributed by atoms with Crippen molar-refractivity contribution in [2.75, 3.05) is 38.1 Å². The van der Waals surface area contributed by atoms with Crippen LogP contribution in [0.5, 0.6) is 0 Å². The second-order valence-corrected chi connectivity index (χ2v) is 4.70. The molecule has 1 fully saturated rings. The van der Waals surface area contributed by atoms with Gasteiger partial charge in [0.1, 0.15) is 6.04 Å². The molecule has 1 heterocycles. The Kier molecular flexibility index (Phi) is 3.84. The van der Waals surface area contributed by atoms with Gasteiger partial charge < -0.3 is 20.6 Å². The maximum Gasteiger partial charge on any atom is 0.325 e. The first-order valence-electron chi connectivity index (χ1n) is 6.10. The third kappa shape index (κ3) is 2.80. The molecule has 0 spiro atoms. The van der Waals surface area contributed by atoms with E-state index in [0.29, 0.717) is 5.56 Å². The summed E-state index contributed by atoms with van der Waals surface area (Å²) in [5.74, 6) is -0.998. The molecule has 5 heteroatoms. The van der Waals surface area contributed by atoms with Crippen molar-refractivity contribution in [1.29, 1.82) is 0 Å². The molecule has 1 atom stereocenters. The molecular weight excluding hydrogens is 230 g/mol. The van der Waals surface area contributed by atoms with Crippen LogP contribution in [0.4, 0.5) is 5.69 Å². The van der Waals surface area contributed by atoms with Gasteiger partial charge in [-0.3, -0.25) is 4.79 Å². The van der Waals surface area contributed by atoms with Gasteiger partial charge >= 0.3 is 5.97 Å². The minimum atomic E-state index is -0.998. The highest BCUT2D eigenvalue weighted by Gasteiger charge is 2.16. The summed E-state index contributed by atoms with van der Waals surface area (Å²) in [5, 5.41) is 8.84. The van der Waals surface area contributed by atoms with Crippen molar-refractivity contribution in [2.45, 2.75) is 6.04 Å². The van der Waals surface area contributed by atoms with Gasteiger partial charge in [0.05, 0.1) is 0 Å². The van der Waals surface area contributed by atoms with Crippen LogP contribution in [-0.2, 0) is 4.79 Å². The van der Waals surface area contributed by atoms with E-state index in [9.17, 15) is 4.79 Å². The van der Waals surface area contributed by atoms with Gasteiger partial charge in [-0.15, -0.1) is 0 Å². The first-order valence-corrected chi connectivity index (χ1v) is 6.10. The maximum atomic E-state index is 10.8. The van der Waals surface area contributed by atoms with Crippen molar-refractivity contribution in [3.8, 4) is 0 Å². The van der Waals surface area contributed by atoms with Crippen LogP contribution in [0, 0.1) is 0 Å². The number of hydrogen-bond donors (Lipinski definition) is 2. The van der Waals surface area contributed by atoms with Crippen LogP contribution in [0.25, 0.3) is 0 Å². The molecule has 3 N–H and O–H groups in total. The summed E-state index contributed by atoms with van der Waals surface area (Å²) < 4.78 is 0. The van der Waals surface area contributed by atoms with Crippen LogP contribution in [0.2, 0.25) is 0 Å². The van der Waals surface area contributed by atoms with Crippen LogP contribution in [0.1, 0.15) is 11.6 Å². The van der Waals surface area contributed by atoms with Gasteiger partial charge in [0.25, 0.3) is 0 Å². The van der Waals surface area contributed by atoms with E-state index in [4.69, 9.17) is 10.8 Å². The molecule has 1 saturated heterocycles. The Balaban J connectivity index is 2.06. The summed E-state index contributed by atoms with van der Waals surface area (Å²) in [5.41, 5.74) is 7.33. The molecule has 5 nitrogen and oxygen atoms in total. The summed E-state index contributed by atoms with van der Waals surface area (Å²) in [7, 11) is 2.12. The van der Waals surface area contributed by atoms with Crippen molar-refractivity contribution >= 4 is 11.7 Å². The average Bonchev–Trinajstić information content (AvgIpc) is 2.39. The normalized spacial score (nSPS) is 18.7. The third-order valence-corrected chi connectivity index (χ3v) is 3.39. The van der Waals surface area contributed by atoms with E-state index in [-0.39, 0.29) is 0 Å². The summed E-state index contributed by atoms with van der Waals surface area (Å²) in [6, 6.07) is 6.55. The van der Waals surface area contributed by atoms with Crippen molar-refractivity contribution in [1.82, 2.24) is 4.90 Å². The number of benzene rings is 1. The number of carbonyl (C=O) groups is 1. The van der Waals surface area contributed by atoms with Gasteiger partial charge in [0.2, 0.25) is 0 Å². The number of piperazine rings is 1. The minimum absolute atomic E-state index is 0.639. The lowest BCUT2D eigenvalue weighted by Gasteiger charge is -2.34. The summed E-state index contributed by atoms with van der Waals surface area (Å²) in [6.45, 7) is 4.11. The highest BCUT2D eigenvalue weighted by molar-refractivity contribution is 5.75. The molecule has 1 aromatic rings. The molecule has 0 saturated carbocycles. The number of aliphatic carboxylic acids is 1. The molecule has 0 bridgehead atoms. The fraction of sp³-hybridized carbons (Fsp3) is 0.462. The largest absolute Gasteiger partial charge is 0.480 e. The van der Waals surface area contributed by atoms with Crippen LogP contribution < -0.4 is 10.6 Å². The quantitative estimate of drug-likeness (QED) is 0.817. The van der Waals surface area contributed by atoms with Crippen molar-refractivity contribution in [3.63, 3.8) is 0 Å². The number of carboxylic acids is 1. The lowest BCUT2D eigenvalue weighted by Crippen LogP contribution is -2.44. The SMILES string of the molecule is CN1CCN(c2ccc(C(N)C(=O)O)cc2)CC1. The molecule has 2 rings (SSSR count). The lowest BCUT2D eigenvalue weighted by molar-refractivity contribution is -0.138. The van der Waals surface area contributed by atoms with Crippen LogP contribution >= 0.6 is 0 Å². The number of likely N-dealkylation sites (N-methyl/N-ethyl adjacent to an activating group) is 1. The number of nitrogens with zero attached hydrogens (tertiary/aromatic N) is 2. The van der Waals surface area contributed by atoms with Gasteiger partial charge in [0, 0.05) is 31.9 Å². The third-order valence-electron chi connectivity index (χ3n) is 3.39. The van der Waals surface area contributed by atoms with E-state index in [0.717, 1.165) is 31.9 Å². The van der Waals surface area contributed by atoms with E-state index < -0.39 is 12.0 Å². The zero-order valence-corrected chi connectivity index (χ0v) is 10.5. The maximum absolute atomic E-state index is 10.8. The monoisotopic (exact) mass is 249 g/mol. The smallest absolute Gasteiger partial charge is 0.325 e. The molecule has 1 unspecified atom stereocenters. The van der Waals surface area contributed by atoms with E-state index in [1.807, 2.05) is 12.1 Å². The molecule has 1 aliphatic rings. The molecular formula is C13H19N3O2. The van der Waals surface area contributed by atoms with E-state index in [1.165, 1.54) is 0 Å². The van der Waals surface area contributed by atoms with E-state index in [1.54, 1.807) is 12.1 Å². The van der Waals surface area contributed by atoms with Crippen LogP contribution in [-0.4, -0.2) is 49.2 Å². The highest BCUT2D eigenvalue weighted by Crippen LogP contribution is 2.19. The van der Waals surface area contributed by atoms with Crippen LogP contribution in [0.15, 0.2) is 24.3 Å². The van der Waals surface area contributed by atoms with Gasteiger partial charge in [-0.2, -0.15) is 0 Å². The topological polar surface area (TPSA) is 69.8 Å². The number of carboxylic acid groups (broad SMARTS) is 1. The summed E-state index contributed by atoms with van der Waals surface area (Å²) in [6.07, 6.45) is 0. The van der Waals surface area contributed by atoms with Crippen LogP contribution in [0.3, 0.4) is 0 Å². The van der Waals surface area contributed by atoms with E-state index in [2.05, 4.69) is 16.8 Å². The van der Waals surface area contributed by atoms with Crippen molar-refractivity contribution < 1.29 is 9.90 Å². The zero-order chi connectivity index (χ0) is 13.1. The second kappa shape index (κ2) is 5.37. The Morgan fingerprint density at radius 3 is 2.28 bits per heavy atom. The zero-order valence-electron chi connectivity index (χ0n) is 10.5. The highest BCUT2D eigenvalue weighted by atomic mass is 16.4. The first kappa shape index (κ1) is 12.9. The molecule has 98 valence electrons. The molecule has 1 aliphatic heterocycles. The summed E-state index contributed by atoms with van der Waals surface area (Å²) in [4.78, 5) is 15.4. The Morgan fingerprint density at radius 2 is 1.78 bits per heavy atom. The Labute approximate surface area is 107 Å². The number of nitrogens with two attached hydrogens (primary N) is 1. The predicted molar refractivity (Wildman–Crippen MR) is 70.7 cm³/mol. The van der Waals surface area contributed by atoms with Crippen molar-refractivity contribution in [2.24, 2.45) is 5.73 Å². The summed E-state index contributed by atoms with van der Waals surface area (Å²) >= 11 is 0.